The lowest BCUT2D eigenvalue weighted by atomic mass is 10.1. The molecule has 28 heavy (non-hydrogen) atoms. The summed E-state index contributed by atoms with van der Waals surface area (Å²) in [5.74, 6) is -1.07. The summed E-state index contributed by atoms with van der Waals surface area (Å²) < 4.78 is 18.8. The number of ether oxygens (including phenoxy) is 1. The molecule has 0 aliphatic rings. The van der Waals surface area contributed by atoms with Gasteiger partial charge in [0.25, 0.3) is 5.91 Å². The fourth-order valence-electron chi connectivity index (χ4n) is 2.51. The maximum Gasteiger partial charge on any atom is 0.340 e. The summed E-state index contributed by atoms with van der Waals surface area (Å²) in [4.78, 5) is 28.8. The minimum atomic E-state index is -0.518. The van der Waals surface area contributed by atoms with E-state index in [2.05, 4.69) is 15.6 Å². The lowest BCUT2D eigenvalue weighted by Crippen LogP contribution is -2.16. The first kappa shape index (κ1) is 19.0. The van der Waals surface area contributed by atoms with E-state index < -0.39 is 17.7 Å². The number of halogens is 1. The molecule has 1 aromatic heterocycles. The topological polar surface area (TPSA) is 80.3 Å². The summed E-state index contributed by atoms with van der Waals surface area (Å²) in [6.45, 7) is 1.94. The number of nitrogens with zero attached hydrogens (tertiary/aromatic N) is 1. The molecule has 1 amide bonds. The summed E-state index contributed by atoms with van der Waals surface area (Å²) in [5.41, 5.74) is 1.15. The van der Waals surface area contributed by atoms with E-state index in [1.807, 2.05) is 0 Å². The highest BCUT2D eigenvalue weighted by atomic mass is 19.1. The predicted octanol–water partition coefficient (Wildman–Crippen LogP) is 4.39. The maximum absolute atomic E-state index is 13.8. The Bertz CT molecular complexity index is 1010. The van der Waals surface area contributed by atoms with Crippen molar-refractivity contribution in [3.05, 3.63) is 83.8 Å². The molecular weight excluding hydrogens is 361 g/mol. The van der Waals surface area contributed by atoms with Gasteiger partial charge in [-0.15, -0.1) is 0 Å². The van der Waals surface area contributed by atoms with Crippen molar-refractivity contribution in [3.8, 4) is 0 Å². The summed E-state index contributed by atoms with van der Waals surface area (Å²) >= 11 is 0. The Balaban J connectivity index is 1.79. The van der Waals surface area contributed by atoms with E-state index in [1.165, 1.54) is 24.4 Å². The van der Waals surface area contributed by atoms with Gasteiger partial charge in [-0.1, -0.05) is 24.3 Å². The van der Waals surface area contributed by atoms with Gasteiger partial charge < -0.3 is 15.4 Å². The molecule has 6 nitrogen and oxygen atoms in total. The van der Waals surface area contributed by atoms with Gasteiger partial charge in [-0.25, -0.2) is 14.2 Å². The highest BCUT2D eigenvalue weighted by Crippen LogP contribution is 2.20. The first-order valence-electron chi connectivity index (χ1n) is 8.63. The molecule has 2 N–H and O–H groups in total. The molecule has 0 fully saturated rings. The number of nitrogens with one attached hydrogen (secondary N) is 2. The molecule has 0 spiro atoms. The zero-order valence-corrected chi connectivity index (χ0v) is 15.1. The smallest absolute Gasteiger partial charge is 0.340 e. The fraction of sp³-hybridized carbons (Fsp3) is 0.0952. The van der Waals surface area contributed by atoms with E-state index in [9.17, 15) is 14.0 Å². The van der Waals surface area contributed by atoms with Crippen LogP contribution in [0.1, 0.15) is 27.6 Å². The van der Waals surface area contributed by atoms with Crippen LogP contribution >= 0.6 is 0 Å². The van der Waals surface area contributed by atoms with E-state index in [4.69, 9.17) is 4.74 Å². The van der Waals surface area contributed by atoms with Gasteiger partial charge in [0, 0.05) is 11.8 Å². The van der Waals surface area contributed by atoms with Crippen LogP contribution in [0.2, 0.25) is 0 Å². The van der Waals surface area contributed by atoms with Crippen LogP contribution in [-0.2, 0) is 4.74 Å². The number of para-hydroxylation sites is 2. The number of carbonyl (C=O) groups is 2. The van der Waals surface area contributed by atoms with Crippen LogP contribution in [0.25, 0.3) is 0 Å². The molecule has 0 bridgehead atoms. The van der Waals surface area contributed by atoms with Crippen LogP contribution in [0.15, 0.2) is 66.9 Å². The normalized spacial score (nSPS) is 10.2. The van der Waals surface area contributed by atoms with Crippen molar-refractivity contribution in [2.24, 2.45) is 0 Å². The number of hydrogen-bond acceptors (Lipinski definition) is 5. The Labute approximate surface area is 161 Å². The quantitative estimate of drug-likeness (QED) is 0.621. The number of hydrogen-bond donors (Lipinski definition) is 2. The third kappa shape index (κ3) is 4.50. The van der Waals surface area contributed by atoms with Crippen LogP contribution in [0.3, 0.4) is 0 Å². The molecule has 142 valence electrons. The average Bonchev–Trinajstić information content (AvgIpc) is 2.70. The number of aromatic nitrogens is 1. The van der Waals surface area contributed by atoms with Crippen molar-refractivity contribution < 1.29 is 18.7 Å². The van der Waals surface area contributed by atoms with Gasteiger partial charge in [0.1, 0.15) is 11.6 Å². The lowest BCUT2D eigenvalue weighted by Gasteiger charge is -2.11. The van der Waals surface area contributed by atoms with Crippen molar-refractivity contribution in [3.63, 3.8) is 0 Å². The Morgan fingerprint density at radius 2 is 1.75 bits per heavy atom. The Morgan fingerprint density at radius 3 is 2.50 bits per heavy atom. The summed E-state index contributed by atoms with van der Waals surface area (Å²) in [7, 11) is 0. The maximum atomic E-state index is 13.8. The minimum Gasteiger partial charge on any atom is -0.462 e. The van der Waals surface area contributed by atoms with Crippen LogP contribution in [0.5, 0.6) is 0 Å². The van der Waals surface area contributed by atoms with Gasteiger partial charge in [0.2, 0.25) is 0 Å². The molecule has 0 saturated carbocycles. The van der Waals surface area contributed by atoms with E-state index in [0.29, 0.717) is 17.1 Å². The average molecular weight is 379 g/mol. The Morgan fingerprint density at radius 1 is 1.04 bits per heavy atom. The monoisotopic (exact) mass is 379 g/mol. The van der Waals surface area contributed by atoms with Crippen LogP contribution in [-0.4, -0.2) is 23.5 Å². The van der Waals surface area contributed by atoms with Gasteiger partial charge >= 0.3 is 5.97 Å². The number of esters is 1. The van der Waals surface area contributed by atoms with E-state index in [-0.39, 0.29) is 17.9 Å². The number of carbonyl (C=O) groups excluding carboxylic acids is 2. The van der Waals surface area contributed by atoms with Crippen molar-refractivity contribution in [1.82, 2.24) is 4.98 Å². The molecular formula is C21H18FN3O3. The van der Waals surface area contributed by atoms with Crippen LogP contribution < -0.4 is 10.6 Å². The molecule has 0 saturated heterocycles. The van der Waals surface area contributed by atoms with Crippen LogP contribution in [0, 0.1) is 5.82 Å². The zero-order chi connectivity index (χ0) is 19.9. The standard InChI is InChI=1S/C21H18FN3O3/c1-2-28-21(27)15-7-3-5-9-17(15)25-20(26)14-11-12-23-19(13-14)24-18-10-6-4-8-16(18)22/h3-13H,2H2,1H3,(H,23,24)(H,25,26). The van der Waals surface area contributed by atoms with Gasteiger partial charge in [0.05, 0.1) is 23.5 Å². The van der Waals surface area contributed by atoms with Crippen LogP contribution in [0.4, 0.5) is 21.6 Å². The summed E-state index contributed by atoms with van der Waals surface area (Å²) in [5, 5.41) is 5.54. The molecule has 7 heteroatoms. The Hall–Kier alpha value is -3.74. The summed E-state index contributed by atoms with van der Waals surface area (Å²) in [6.07, 6.45) is 1.44. The second-order valence-electron chi connectivity index (χ2n) is 5.75. The van der Waals surface area contributed by atoms with Crippen molar-refractivity contribution in [2.75, 3.05) is 17.2 Å². The number of rotatable bonds is 6. The number of pyridine rings is 1. The minimum absolute atomic E-state index is 0.233. The first-order chi connectivity index (χ1) is 13.6. The van der Waals surface area contributed by atoms with Gasteiger partial charge in [-0.05, 0) is 43.3 Å². The molecule has 0 aliphatic carbocycles. The molecule has 0 atom stereocenters. The van der Waals surface area contributed by atoms with Gasteiger partial charge in [-0.3, -0.25) is 4.79 Å². The molecule has 0 radical (unpaired) electrons. The number of benzene rings is 2. The fourth-order valence-corrected chi connectivity index (χ4v) is 2.51. The molecule has 0 aliphatic heterocycles. The predicted molar refractivity (Wildman–Crippen MR) is 104 cm³/mol. The lowest BCUT2D eigenvalue weighted by molar-refractivity contribution is 0.0527. The van der Waals surface area contributed by atoms with E-state index in [1.54, 1.807) is 49.4 Å². The van der Waals surface area contributed by atoms with Crippen molar-refractivity contribution in [2.45, 2.75) is 6.92 Å². The zero-order valence-electron chi connectivity index (χ0n) is 15.1. The van der Waals surface area contributed by atoms with E-state index in [0.717, 1.165) is 0 Å². The third-order valence-electron chi connectivity index (χ3n) is 3.83. The Kier molecular flexibility index (Phi) is 5.96. The summed E-state index contributed by atoms with van der Waals surface area (Å²) in [6, 6.07) is 15.8. The highest BCUT2D eigenvalue weighted by molar-refractivity contribution is 6.08. The van der Waals surface area contributed by atoms with Crippen molar-refractivity contribution in [1.29, 1.82) is 0 Å². The molecule has 1 heterocycles. The molecule has 0 unspecified atom stereocenters. The molecule has 3 aromatic rings. The molecule has 2 aromatic carbocycles. The number of amides is 1. The third-order valence-corrected chi connectivity index (χ3v) is 3.83. The second kappa shape index (κ2) is 8.77. The van der Waals surface area contributed by atoms with Gasteiger partial charge in [0.15, 0.2) is 0 Å². The van der Waals surface area contributed by atoms with Gasteiger partial charge in [-0.2, -0.15) is 0 Å². The SMILES string of the molecule is CCOC(=O)c1ccccc1NC(=O)c1ccnc(Nc2ccccc2F)c1. The molecule has 3 rings (SSSR count). The first-order valence-corrected chi connectivity index (χ1v) is 8.63. The van der Waals surface area contributed by atoms with E-state index >= 15 is 0 Å². The van der Waals surface area contributed by atoms with Crippen molar-refractivity contribution >= 4 is 29.1 Å². The second-order valence-corrected chi connectivity index (χ2v) is 5.75. The number of anilines is 3. The largest absolute Gasteiger partial charge is 0.462 e. The highest BCUT2D eigenvalue weighted by Gasteiger charge is 2.15.